The first kappa shape index (κ1) is 17.4. The van der Waals surface area contributed by atoms with Crippen molar-refractivity contribution in [1.29, 1.82) is 0 Å². The van der Waals surface area contributed by atoms with Crippen LogP contribution in [0.5, 0.6) is 0 Å². The van der Waals surface area contributed by atoms with Gasteiger partial charge >= 0.3 is 0 Å². The van der Waals surface area contributed by atoms with Gasteiger partial charge in [-0.3, -0.25) is 9.10 Å². The smallest absolute Gasteiger partial charge is 0.232 e. The quantitative estimate of drug-likeness (QED) is 0.835. The highest BCUT2D eigenvalue weighted by Crippen LogP contribution is 2.18. The number of nitrogens with zero attached hydrogens (tertiary/aromatic N) is 1. The van der Waals surface area contributed by atoms with Gasteiger partial charge in [-0.15, -0.1) is 0 Å². The highest BCUT2D eigenvalue weighted by atomic mass is 32.2. The third kappa shape index (κ3) is 6.12. The molecule has 1 aromatic rings. The number of nitrogens with one attached hydrogen (secondary N) is 1. The summed E-state index contributed by atoms with van der Waals surface area (Å²) in [5, 5.41) is 2.75. The molecule has 0 heterocycles. The van der Waals surface area contributed by atoms with Gasteiger partial charge in [0, 0.05) is 19.0 Å². The van der Waals surface area contributed by atoms with E-state index in [1.165, 1.54) is 28.6 Å². The van der Waals surface area contributed by atoms with Crippen molar-refractivity contribution in [2.45, 2.75) is 32.7 Å². The fourth-order valence-electron chi connectivity index (χ4n) is 1.87. The van der Waals surface area contributed by atoms with Crippen molar-refractivity contribution >= 4 is 21.6 Å². The zero-order chi connectivity index (χ0) is 16.0. The maximum Gasteiger partial charge on any atom is 0.232 e. The Balaban J connectivity index is 2.69. The van der Waals surface area contributed by atoms with Gasteiger partial charge in [-0.05, 0) is 44.5 Å². The van der Waals surface area contributed by atoms with E-state index in [1.807, 2.05) is 13.8 Å². The van der Waals surface area contributed by atoms with Crippen molar-refractivity contribution < 1.29 is 17.6 Å². The Hall–Kier alpha value is -1.63. The van der Waals surface area contributed by atoms with Gasteiger partial charge in [-0.25, -0.2) is 12.8 Å². The van der Waals surface area contributed by atoms with E-state index in [1.54, 1.807) is 0 Å². The lowest BCUT2D eigenvalue weighted by atomic mass is 10.2. The lowest BCUT2D eigenvalue weighted by molar-refractivity contribution is -0.121. The van der Waals surface area contributed by atoms with Crippen LogP contribution in [0, 0.1) is 5.82 Å². The summed E-state index contributed by atoms with van der Waals surface area (Å²) in [6.07, 6.45) is 1.72. The fourth-order valence-corrected chi connectivity index (χ4v) is 2.84. The van der Waals surface area contributed by atoms with Gasteiger partial charge in [0.05, 0.1) is 11.9 Å². The van der Waals surface area contributed by atoms with E-state index in [2.05, 4.69) is 5.32 Å². The monoisotopic (exact) mass is 316 g/mol. The lowest BCUT2D eigenvalue weighted by Gasteiger charge is -2.22. The topological polar surface area (TPSA) is 66.5 Å². The number of anilines is 1. The number of carbonyl (C=O) groups is 1. The average molecular weight is 316 g/mol. The number of hydrogen-bond donors (Lipinski definition) is 1. The van der Waals surface area contributed by atoms with Gasteiger partial charge in [0.1, 0.15) is 5.82 Å². The van der Waals surface area contributed by atoms with E-state index in [-0.39, 0.29) is 24.9 Å². The summed E-state index contributed by atoms with van der Waals surface area (Å²) >= 11 is 0. The van der Waals surface area contributed by atoms with Crippen LogP contribution >= 0.6 is 0 Å². The molecule has 0 radical (unpaired) electrons. The van der Waals surface area contributed by atoms with Crippen molar-refractivity contribution in [1.82, 2.24) is 5.32 Å². The number of hydrogen-bond acceptors (Lipinski definition) is 3. The van der Waals surface area contributed by atoms with Crippen molar-refractivity contribution in [2.24, 2.45) is 0 Å². The SMILES string of the molecule is CC(C)NC(=O)CCCN(c1ccc(F)cc1)S(C)(=O)=O. The van der Waals surface area contributed by atoms with E-state index < -0.39 is 15.8 Å². The average Bonchev–Trinajstić information content (AvgIpc) is 2.34. The maximum atomic E-state index is 12.9. The van der Waals surface area contributed by atoms with Crippen molar-refractivity contribution in [2.75, 3.05) is 17.1 Å². The van der Waals surface area contributed by atoms with E-state index in [0.29, 0.717) is 12.1 Å². The summed E-state index contributed by atoms with van der Waals surface area (Å²) in [5.41, 5.74) is 0.392. The lowest BCUT2D eigenvalue weighted by Crippen LogP contribution is -2.33. The van der Waals surface area contributed by atoms with E-state index in [0.717, 1.165) is 6.26 Å². The molecule has 7 heteroatoms. The second-order valence-electron chi connectivity index (χ2n) is 5.14. The molecule has 1 N–H and O–H groups in total. The molecule has 0 spiro atoms. The minimum atomic E-state index is -3.47. The van der Waals surface area contributed by atoms with Crippen LogP contribution in [0.4, 0.5) is 10.1 Å². The summed E-state index contributed by atoms with van der Waals surface area (Å²) in [4.78, 5) is 11.5. The first-order valence-corrected chi connectivity index (χ1v) is 8.57. The number of halogens is 1. The van der Waals surface area contributed by atoms with Crippen LogP contribution in [0.1, 0.15) is 26.7 Å². The maximum absolute atomic E-state index is 12.9. The normalized spacial score (nSPS) is 11.5. The summed E-state index contributed by atoms with van der Waals surface area (Å²) in [7, 11) is -3.47. The second kappa shape index (κ2) is 7.40. The van der Waals surface area contributed by atoms with Crippen LogP contribution < -0.4 is 9.62 Å². The van der Waals surface area contributed by atoms with Gasteiger partial charge in [-0.2, -0.15) is 0 Å². The van der Waals surface area contributed by atoms with Crippen LogP contribution in [0.15, 0.2) is 24.3 Å². The van der Waals surface area contributed by atoms with Crippen LogP contribution in [-0.4, -0.2) is 33.2 Å². The van der Waals surface area contributed by atoms with Crippen LogP contribution in [0.2, 0.25) is 0 Å². The molecule has 118 valence electrons. The molecule has 0 aliphatic heterocycles. The Labute approximate surface area is 125 Å². The Bertz CT molecular complexity index is 570. The van der Waals surface area contributed by atoms with Crippen LogP contribution in [0.25, 0.3) is 0 Å². The molecule has 0 saturated carbocycles. The second-order valence-corrected chi connectivity index (χ2v) is 7.04. The van der Waals surface area contributed by atoms with Gasteiger partial charge in [-0.1, -0.05) is 0 Å². The molecule has 0 atom stereocenters. The Morgan fingerprint density at radius 3 is 2.33 bits per heavy atom. The molecule has 0 aliphatic rings. The molecule has 5 nitrogen and oxygen atoms in total. The molecular weight excluding hydrogens is 295 g/mol. The molecular formula is C14H21FN2O3S. The fraction of sp³-hybridized carbons (Fsp3) is 0.500. The Morgan fingerprint density at radius 1 is 1.29 bits per heavy atom. The van der Waals surface area contributed by atoms with Gasteiger partial charge in [0.15, 0.2) is 0 Å². The third-order valence-electron chi connectivity index (χ3n) is 2.73. The minimum Gasteiger partial charge on any atom is -0.354 e. The number of benzene rings is 1. The Morgan fingerprint density at radius 2 is 1.86 bits per heavy atom. The van der Waals surface area contributed by atoms with Crippen molar-refractivity contribution in [3.63, 3.8) is 0 Å². The number of amides is 1. The van der Waals surface area contributed by atoms with E-state index in [9.17, 15) is 17.6 Å². The molecule has 0 aromatic heterocycles. The highest BCUT2D eigenvalue weighted by molar-refractivity contribution is 7.92. The molecule has 1 aromatic carbocycles. The first-order chi connectivity index (χ1) is 9.70. The van der Waals surface area contributed by atoms with Crippen molar-refractivity contribution in [3.8, 4) is 0 Å². The highest BCUT2D eigenvalue weighted by Gasteiger charge is 2.17. The molecule has 0 fully saturated rings. The number of sulfonamides is 1. The third-order valence-corrected chi connectivity index (χ3v) is 3.92. The molecule has 0 bridgehead atoms. The minimum absolute atomic E-state index is 0.0561. The predicted molar refractivity (Wildman–Crippen MR) is 81.1 cm³/mol. The summed E-state index contributed by atoms with van der Waals surface area (Å²) in [5.74, 6) is -0.541. The molecule has 0 unspecified atom stereocenters. The van der Waals surface area contributed by atoms with Crippen LogP contribution in [0.3, 0.4) is 0 Å². The largest absolute Gasteiger partial charge is 0.354 e. The van der Waals surface area contributed by atoms with Crippen LogP contribution in [-0.2, 0) is 14.8 Å². The molecule has 0 aliphatic carbocycles. The Kier molecular flexibility index (Phi) is 6.14. The molecule has 1 amide bonds. The summed E-state index contributed by atoms with van der Waals surface area (Å²) in [6, 6.07) is 5.29. The van der Waals surface area contributed by atoms with Crippen molar-refractivity contribution in [3.05, 3.63) is 30.1 Å². The molecule has 21 heavy (non-hydrogen) atoms. The summed E-state index contributed by atoms with van der Waals surface area (Å²) < 4.78 is 37.7. The number of rotatable bonds is 7. The zero-order valence-corrected chi connectivity index (χ0v) is 13.3. The van der Waals surface area contributed by atoms with Gasteiger partial charge in [0.25, 0.3) is 0 Å². The number of carbonyl (C=O) groups excluding carboxylic acids is 1. The summed E-state index contributed by atoms with van der Waals surface area (Å²) in [6.45, 7) is 3.90. The van der Waals surface area contributed by atoms with Gasteiger partial charge in [0.2, 0.25) is 15.9 Å². The molecule has 1 rings (SSSR count). The van der Waals surface area contributed by atoms with E-state index >= 15 is 0 Å². The molecule has 0 saturated heterocycles. The zero-order valence-electron chi connectivity index (χ0n) is 12.5. The van der Waals surface area contributed by atoms with E-state index in [4.69, 9.17) is 0 Å². The standard InChI is InChI=1S/C14H21FN2O3S/c1-11(2)16-14(18)5-4-10-17(21(3,19)20)13-8-6-12(15)7-9-13/h6-9,11H,4-5,10H2,1-3H3,(H,16,18). The van der Waals surface area contributed by atoms with Gasteiger partial charge < -0.3 is 5.32 Å². The predicted octanol–water partition coefficient (Wildman–Crippen LogP) is 1.90. The first-order valence-electron chi connectivity index (χ1n) is 6.73.